The van der Waals surface area contributed by atoms with Gasteiger partial charge in [0.05, 0.1) is 18.9 Å². The van der Waals surface area contributed by atoms with Gasteiger partial charge in [-0.3, -0.25) is 4.79 Å². The number of benzene rings is 2. The standard InChI is InChI=1S/C20H16Br2N2O3/c1-12-3-4-13(9-17(12)22)18-8-6-15(27-18)11-23-24-20(25)16-10-14(21)5-7-19(16)26-2/h3-11H,1-2H3,(H,24,25)/b23-11-. The van der Waals surface area contributed by atoms with Crippen LogP contribution in [0.4, 0.5) is 0 Å². The number of rotatable bonds is 5. The molecule has 0 aliphatic carbocycles. The van der Waals surface area contributed by atoms with E-state index in [-0.39, 0.29) is 5.91 Å². The lowest BCUT2D eigenvalue weighted by atomic mass is 10.1. The molecule has 0 spiro atoms. The molecule has 0 radical (unpaired) electrons. The van der Waals surface area contributed by atoms with Gasteiger partial charge in [-0.1, -0.05) is 44.0 Å². The number of methoxy groups -OCH3 is 1. The maximum Gasteiger partial charge on any atom is 0.275 e. The molecule has 27 heavy (non-hydrogen) atoms. The molecule has 0 aliphatic heterocycles. The third kappa shape index (κ3) is 4.67. The minimum Gasteiger partial charge on any atom is -0.496 e. The molecule has 0 saturated heterocycles. The number of nitrogens with one attached hydrogen (secondary N) is 1. The highest BCUT2D eigenvalue weighted by atomic mass is 79.9. The maximum atomic E-state index is 12.3. The summed E-state index contributed by atoms with van der Waals surface area (Å²) in [6.45, 7) is 2.02. The van der Waals surface area contributed by atoms with Crippen LogP contribution in [-0.2, 0) is 0 Å². The highest BCUT2D eigenvalue weighted by Gasteiger charge is 2.12. The first-order chi connectivity index (χ1) is 13.0. The fourth-order valence-electron chi connectivity index (χ4n) is 2.40. The normalized spacial score (nSPS) is 11.0. The van der Waals surface area contributed by atoms with E-state index in [0.29, 0.717) is 17.1 Å². The number of carbonyl (C=O) groups excluding carboxylic acids is 1. The minimum absolute atomic E-state index is 0.376. The summed E-state index contributed by atoms with van der Waals surface area (Å²) in [6.07, 6.45) is 1.45. The van der Waals surface area contributed by atoms with Crippen molar-refractivity contribution in [2.45, 2.75) is 6.92 Å². The quantitative estimate of drug-likeness (QED) is 0.375. The van der Waals surface area contributed by atoms with Gasteiger partial charge < -0.3 is 9.15 Å². The molecule has 0 atom stereocenters. The Morgan fingerprint density at radius 2 is 1.96 bits per heavy atom. The predicted octanol–water partition coefficient (Wildman–Crippen LogP) is 5.55. The van der Waals surface area contributed by atoms with E-state index in [9.17, 15) is 4.79 Å². The lowest BCUT2D eigenvalue weighted by Gasteiger charge is -2.07. The van der Waals surface area contributed by atoms with Gasteiger partial charge in [0.15, 0.2) is 0 Å². The summed E-state index contributed by atoms with van der Waals surface area (Å²) >= 11 is 6.86. The number of carbonyl (C=O) groups is 1. The first-order valence-electron chi connectivity index (χ1n) is 8.01. The Kier molecular flexibility index (Phi) is 6.13. The molecule has 0 bridgehead atoms. The van der Waals surface area contributed by atoms with Crippen LogP contribution in [0.1, 0.15) is 21.7 Å². The highest BCUT2D eigenvalue weighted by Crippen LogP contribution is 2.27. The number of aryl methyl sites for hydroxylation is 1. The Labute approximate surface area is 173 Å². The molecule has 7 heteroatoms. The van der Waals surface area contributed by atoms with Crippen molar-refractivity contribution in [3.8, 4) is 17.1 Å². The second-order valence-corrected chi connectivity index (χ2v) is 7.48. The molecule has 1 heterocycles. The van der Waals surface area contributed by atoms with Crippen molar-refractivity contribution < 1.29 is 13.9 Å². The lowest BCUT2D eigenvalue weighted by molar-refractivity contribution is 0.0952. The molecule has 0 saturated carbocycles. The van der Waals surface area contributed by atoms with Crippen LogP contribution in [0.25, 0.3) is 11.3 Å². The average molecular weight is 492 g/mol. The van der Waals surface area contributed by atoms with Gasteiger partial charge in [-0.2, -0.15) is 5.10 Å². The van der Waals surface area contributed by atoms with E-state index in [0.717, 1.165) is 25.8 Å². The largest absolute Gasteiger partial charge is 0.496 e. The van der Waals surface area contributed by atoms with Crippen molar-refractivity contribution in [2.75, 3.05) is 7.11 Å². The van der Waals surface area contributed by atoms with Gasteiger partial charge in [0.1, 0.15) is 17.3 Å². The second-order valence-electron chi connectivity index (χ2n) is 5.71. The molecule has 3 aromatic rings. The van der Waals surface area contributed by atoms with Crippen LogP contribution in [-0.4, -0.2) is 19.2 Å². The Hall–Kier alpha value is -2.38. The summed E-state index contributed by atoms with van der Waals surface area (Å²) < 4.78 is 12.8. The molecule has 0 aliphatic rings. The number of ether oxygens (including phenoxy) is 1. The fourth-order valence-corrected chi connectivity index (χ4v) is 3.14. The number of hydrazone groups is 1. The Balaban J connectivity index is 1.70. The van der Waals surface area contributed by atoms with Crippen LogP contribution in [0.5, 0.6) is 5.75 Å². The van der Waals surface area contributed by atoms with Crippen LogP contribution in [0.2, 0.25) is 0 Å². The monoisotopic (exact) mass is 490 g/mol. The minimum atomic E-state index is -0.376. The zero-order chi connectivity index (χ0) is 19.4. The summed E-state index contributed by atoms with van der Waals surface area (Å²) in [5.74, 6) is 1.34. The topological polar surface area (TPSA) is 63.8 Å². The fraction of sp³-hybridized carbons (Fsp3) is 0.100. The predicted molar refractivity (Wildman–Crippen MR) is 112 cm³/mol. The second kappa shape index (κ2) is 8.54. The van der Waals surface area contributed by atoms with Crippen molar-refractivity contribution >= 4 is 44.0 Å². The maximum absolute atomic E-state index is 12.3. The van der Waals surface area contributed by atoms with Gasteiger partial charge in [-0.25, -0.2) is 5.43 Å². The van der Waals surface area contributed by atoms with E-state index in [2.05, 4.69) is 42.4 Å². The van der Waals surface area contributed by atoms with E-state index in [4.69, 9.17) is 9.15 Å². The van der Waals surface area contributed by atoms with E-state index in [1.54, 1.807) is 24.3 Å². The molecule has 2 aromatic carbocycles. The highest BCUT2D eigenvalue weighted by molar-refractivity contribution is 9.10. The molecule has 1 N–H and O–H groups in total. The SMILES string of the molecule is COc1ccc(Br)cc1C(=O)N/N=C\c1ccc(-c2ccc(C)c(Br)c2)o1. The molecular formula is C20H16Br2N2O3. The van der Waals surface area contributed by atoms with Crippen molar-refractivity contribution in [3.05, 3.63) is 74.4 Å². The lowest BCUT2D eigenvalue weighted by Crippen LogP contribution is -2.18. The van der Waals surface area contributed by atoms with Gasteiger partial charge in [0.2, 0.25) is 0 Å². The summed E-state index contributed by atoms with van der Waals surface area (Å²) in [5.41, 5.74) is 4.96. The van der Waals surface area contributed by atoms with Gasteiger partial charge in [-0.05, 0) is 48.9 Å². The number of nitrogens with zero attached hydrogens (tertiary/aromatic N) is 1. The number of amides is 1. The van der Waals surface area contributed by atoms with E-state index >= 15 is 0 Å². The van der Waals surface area contributed by atoms with E-state index in [1.165, 1.54) is 13.3 Å². The summed E-state index contributed by atoms with van der Waals surface area (Å²) in [4.78, 5) is 12.3. The van der Waals surface area contributed by atoms with Gasteiger partial charge in [0, 0.05) is 14.5 Å². The van der Waals surface area contributed by atoms with E-state index in [1.807, 2.05) is 31.2 Å². The van der Waals surface area contributed by atoms with Crippen LogP contribution in [0.3, 0.4) is 0 Å². The van der Waals surface area contributed by atoms with Crippen molar-refractivity contribution in [3.63, 3.8) is 0 Å². The first kappa shape index (κ1) is 19.4. The van der Waals surface area contributed by atoms with Gasteiger partial charge in [-0.15, -0.1) is 0 Å². The smallest absolute Gasteiger partial charge is 0.275 e. The van der Waals surface area contributed by atoms with Crippen LogP contribution >= 0.6 is 31.9 Å². The molecule has 138 valence electrons. The number of hydrogen-bond acceptors (Lipinski definition) is 4. The van der Waals surface area contributed by atoms with Crippen LogP contribution < -0.4 is 10.2 Å². The zero-order valence-corrected chi connectivity index (χ0v) is 17.8. The summed E-state index contributed by atoms with van der Waals surface area (Å²) in [5, 5.41) is 3.96. The van der Waals surface area contributed by atoms with Crippen LogP contribution in [0.15, 0.2) is 67.0 Å². The Bertz CT molecular complexity index is 1010. The Morgan fingerprint density at radius 3 is 2.70 bits per heavy atom. The molecular weight excluding hydrogens is 476 g/mol. The van der Waals surface area contributed by atoms with Crippen molar-refractivity contribution in [1.82, 2.24) is 5.43 Å². The van der Waals surface area contributed by atoms with Gasteiger partial charge >= 0.3 is 0 Å². The summed E-state index contributed by atoms with van der Waals surface area (Å²) in [7, 11) is 1.51. The molecule has 1 amide bonds. The van der Waals surface area contributed by atoms with Gasteiger partial charge in [0.25, 0.3) is 5.91 Å². The third-order valence-corrected chi connectivity index (χ3v) is 5.19. The average Bonchev–Trinajstić information content (AvgIpc) is 3.12. The molecule has 1 aromatic heterocycles. The summed E-state index contributed by atoms with van der Waals surface area (Å²) in [6, 6.07) is 14.8. The van der Waals surface area contributed by atoms with E-state index < -0.39 is 0 Å². The number of hydrogen-bond donors (Lipinski definition) is 1. The zero-order valence-electron chi connectivity index (χ0n) is 14.6. The number of halogens is 2. The molecule has 5 nitrogen and oxygen atoms in total. The molecule has 3 rings (SSSR count). The first-order valence-corrected chi connectivity index (χ1v) is 9.60. The number of furan rings is 1. The molecule has 0 fully saturated rings. The third-order valence-electron chi connectivity index (χ3n) is 3.85. The van der Waals surface area contributed by atoms with Crippen molar-refractivity contribution in [2.24, 2.45) is 5.10 Å². The van der Waals surface area contributed by atoms with Crippen LogP contribution in [0, 0.1) is 6.92 Å². The Morgan fingerprint density at radius 1 is 1.15 bits per heavy atom. The molecule has 0 unspecified atom stereocenters. The van der Waals surface area contributed by atoms with Crippen molar-refractivity contribution in [1.29, 1.82) is 0 Å².